The standard InChI is InChI=1S/C29H36F2N6O4/c1-5-40-24(38)10-12-32-21-8-6-19(7-9-21)22-16-23-25(34-14-13-33-23)26(36-22)35-17-20-18-37(15-11-29(20,30)31)27(39)41-28(2,3)4/h6-9,13-14,16,20,32H,5,10-12,15,17-18H2,1-4H3,(H,35,36). The van der Waals surface area contributed by atoms with Crippen molar-refractivity contribution in [3.63, 3.8) is 0 Å². The Labute approximate surface area is 237 Å². The van der Waals surface area contributed by atoms with E-state index in [-0.39, 0.29) is 32.0 Å². The fourth-order valence-corrected chi connectivity index (χ4v) is 4.45. The zero-order chi connectivity index (χ0) is 29.6. The van der Waals surface area contributed by atoms with Crippen LogP contribution in [0.1, 0.15) is 40.5 Å². The minimum Gasteiger partial charge on any atom is -0.466 e. The first-order chi connectivity index (χ1) is 19.4. The number of fused-ring (bicyclic) bond motifs is 1. The maximum Gasteiger partial charge on any atom is 0.410 e. The number of alkyl halides is 2. The summed E-state index contributed by atoms with van der Waals surface area (Å²) < 4.78 is 40.2. The van der Waals surface area contributed by atoms with Gasteiger partial charge >= 0.3 is 12.1 Å². The molecule has 1 fully saturated rings. The minimum atomic E-state index is -2.97. The lowest BCUT2D eigenvalue weighted by molar-refractivity contribution is -0.142. The van der Waals surface area contributed by atoms with Crippen LogP contribution in [0.25, 0.3) is 22.3 Å². The third kappa shape index (κ3) is 7.99. The minimum absolute atomic E-state index is 0.0752. The lowest BCUT2D eigenvalue weighted by Crippen LogP contribution is -2.52. The molecule has 4 rings (SSSR count). The van der Waals surface area contributed by atoms with Gasteiger partial charge < -0.3 is 25.0 Å². The highest BCUT2D eigenvalue weighted by Crippen LogP contribution is 2.35. The first-order valence-electron chi connectivity index (χ1n) is 13.7. The summed E-state index contributed by atoms with van der Waals surface area (Å²) in [6.07, 6.45) is 2.27. The molecule has 3 aromatic rings. The van der Waals surface area contributed by atoms with Gasteiger partial charge in [-0.3, -0.25) is 9.78 Å². The second-order valence-corrected chi connectivity index (χ2v) is 10.9. The SMILES string of the molecule is CCOC(=O)CCNc1ccc(-c2cc3nccnc3c(NCC3CN(C(=O)OC(C)(C)C)CCC3(F)F)n2)cc1. The van der Waals surface area contributed by atoms with Crippen LogP contribution in [0.4, 0.5) is 25.1 Å². The average Bonchev–Trinajstić information content (AvgIpc) is 2.91. The van der Waals surface area contributed by atoms with E-state index in [1.54, 1.807) is 40.0 Å². The Morgan fingerprint density at radius 2 is 1.85 bits per heavy atom. The number of esters is 1. The number of carbonyl (C=O) groups is 2. The lowest BCUT2D eigenvalue weighted by atomic mass is 9.93. The van der Waals surface area contributed by atoms with Crippen molar-refractivity contribution >= 4 is 34.6 Å². The topological polar surface area (TPSA) is 119 Å². The Balaban J connectivity index is 1.49. The molecule has 0 saturated carbocycles. The van der Waals surface area contributed by atoms with Gasteiger partial charge in [0.15, 0.2) is 5.82 Å². The number of amides is 1. The smallest absolute Gasteiger partial charge is 0.410 e. The molecule has 41 heavy (non-hydrogen) atoms. The summed E-state index contributed by atoms with van der Waals surface area (Å²) in [4.78, 5) is 38.9. The summed E-state index contributed by atoms with van der Waals surface area (Å²) in [6.45, 7) is 7.42. The van der Waals surface area contributed by atoms with Crippen LogP contribution in [-0.2, 0) is 14.3 Å². The molecule has 12 heteroatoms. The third-order valence-electron chi connectivity index (χ3n) is 6.52. The van der Waals surface area contributed by atoms with Crippen molar-refractivity contribution in [2.75, 3.05) is 43.4 Å². The first-order valence-corrected chi connectivity index (χ1v) is 13.7. The third-order valence-corrected chi connectivity index (χ3v) is 6.52. The van der Waals surface area contributed by atoms with Gasteiger partial charge in [0, 0.05) is 56.2 Å². The average molecular weight is 571 g/mol. The van der Waals surface area contributed by atoms with Crippen LogP contribution in [0.3, 0.4) is 0 Å². The van der Waals surface area contributed by atoms with Crippen LogP contribution in [0.15, 0.2) is 42.7 Å². The zero-order valence-electron chi connectivity index (χ0n) is 23.7. The fourth-order valence-electron chi connectivity index (χ4n) is 4.45. The van der Waals surface area contributed by atoms with E-state index in [1.807, 2.05) is 24.3 Å². The maximum atomic E-state index is 14.9. The van der Waals surface area contributed by atoms with E-state index in [4.69, 9.17) is 14.5 Å². The number of ether oxygens (including phenoxy) is 2. The van der Waals surface area contributed by atoms with Crippen molar-refractivity contribution in [1.82, 2.24) is 19.9 Å². The van der Waals surface area contributed by atoms with Crippen molar-refractivity contribution in [1.29, 1.82) is 0 Å². The normalized spacial score (nSPS) is 16.7. The zero-order valence-corrected chi connectivity index (χ0v) is 23.7. The quantitative estimate of drug-likeness (QED) is 0.328. The van der Waals surface area contributed by atoms with Crippen molar-refractivity contribution in [3.05, 3.63) is 42.7 Å². The Morgan fingerprint density at radius 3 is 2.56 bits per heavy atom. The number of aromatic nitrogens is 3. The number of pyridine rings is 1. The summed E-state index contributed by atoms with van der Waals surface area (Å²) >= 11 is 0. The van der Waals surface area contributed by atoms with E-state index >= 15 is 0 Å². The van der Waals surface area contributed by atoms with E-state index in [1.165, 1.54) is 11.1 Å². The second-order valence-electron chi connectivity index (χ2n) is 10.9. The van der Waals surface area contributed by atoms with Gasteiger partial charge in [0.25, 0.3) is 5.92 Å². The number of halogens is 2. The molecule has 1 atom stereocenters. The number of hydrogen-bond acceptors (Lipinski definition) is 9. The molecular weight excluding hydrogens is 534 g/mol. The molecule has 1 aromatic carbocycles. The van der Waals surface area contributed by atoms with Crippen molar-refractivity contribution in [3.8, 4) is 11.3 Å². The van der Waals surface area contributed by atoms with Crippen LogP contribution in [0.2, 0.25) is 0 Å². The van der Waals surface area contributed by atoms with E-state index in [0.29, 0.717) is 35.7 Å². The Hall–Kier alpha value is -4.09. The van der Waals surface area contributed by atoms with E-state index < -0.39 is 30.0 Å². The van der Waals surface area contributed by atoms with Gasteiger partial charge in [0.1, 0.15) is 11.1 Å². The molecule has 2 aromatic heterocycles. The highest BCUT2D eigenvalue weighted by molar-refractivity contribution is 5.88. The van der Waals surface area contributed by atoms with Gasteiger partial charge in [0.05, 0.1) is 30.2 Å². The molecular formula is C29H36F2N6O4. The van der Waals surface area contributed by atoms with Gasteiger partial charge in [-0.15, -0.1) is 0 Å². The number of nitrogens with zero attached hydrogens (tertiary/aromatic N) is 4. The summed E-state index contributed by atoms with van der Waals surface area (Å²) in [5.74, 6) is -4.06. The van der Waals surface area contributed by atoms with Crippen molar-refractivity contribution in [2.24, 2.45) is 5.92 Å². The number of benzene rings is 1. The van der Waals surface area contributed by atoms with Crippen molar-refractivity contribution < 1.29 is 27.8 Å². The van der Waals surface area contributed by atoms with Gasteiger partial charge in [0.2, 0.25) is 0 Å². The lowest BCUT2D eigenvalue weighted by Gasteiger charge is -2.38. The summed E-state index contributed by atoms with van der Waals surface area (Å²) in [7, 11) is 0. The summed E-state index contributed by atoms with van der Waals surface area (Å²) in [5, 5.41) is 6.24. The van der Waals surface area contributed by atoms with Crippen LogP contribution in [-0.4, -0.2) is 76.2 Å². The predicted molar refractivity (Wildman–Crippen MR) is 152 cm³/mol. The van der Waals surface area contributed by atoms with E-state index in [0.717, 1.165) is 11.3 Å². The molecule has 0 aliphatic carbocycles. The van der Waals surface area contributed by atoms with Crippen LogP contribution in [0, 0.1) is 5.92 Å². The molecule has 10 nitrogen and oxygen atoms in total. The van der Waals surface area contributed by atoms with Gasteiger partial charge in [-0.05, 0) is 45.9 Å². The largest absolute Gasteiger partial charge is 0.466 e. The number of piperidine rings is 1. The molecule has 1 aliphatic heterocycles. The van der Waals surface area contributed by atoms with Crippen LogP contribution in [0.5, 0.6) is 0 Å². The summed E-state index contributed by atoms with van der Waals surface area (Å²) in [5.41, 5.74) is 2.49. The molecule has 220 valence electrons. The number of nitrogens with one attached hydrogen (secondary N) is 2. The van der Waals surface area contributed by atoms with Crippen LogP contribution < -0.4 is 10.6 Å². The molecule has 3 heterocycles. The summed E-state index contributed by atoms with van der Waals surface area (Å²) in [6, 6.07) is 9.26. The number of hydrogen-bond donors (Lipinski definition) is 2. The number of anilines is 2. The van der Waals surface area contributed by atoms with Gasteiger partial charge in [-0.25, -0.2) is 23.5 Å². The second kappa shape index (κ2) is 12.6. The van der Waals surface area contributed by atoms with E-state index in [9.17, 15) is 18.4 Å². The fraction of sp³-hybridized carbons (Fsp3) is 0.483. The maximum absolute atomic E-state index is 14.9. The Morgan fingerprint density at radius 1 is 1.12 bits per heavy atom. The van der Waals surface area contributed by atoms with Gasteiger partial charge in [-0.2, -0.15) is 0 Å². The molecule has 2 N–H and O–H groups in total. The molecule has 1 amide bonds. The first kappa shape index (κ1) is 29.9. The molecule has 0 spiro atoms. The Kier molecular flexibility index (Phi) is 9.19. The number of rotatable bonds is 9. The monoisotopic (exact) mass is 570 g/mol. The highest BCUT2D eigenvalue weighted by atomic mass is 19.3. The Bertz CT molecular complexity index is 1360. The number of carbonyl (C=O) groups excluding carboxylic acids is 2. The van der Waals surface area contributed by atoms with Crippen LogP contribution >= 0.6 is 0 Å². The predicted octanol–water partition coefficient (Wildman–Crippen LogP) is 5.36. The molecule has 1 aliphatic rings. The molecule has 1 unspecified atom stereocenters. The highest BCUT2D eigenvalue weighted by Gasteiger charge is 2.45. The number of likely N-dealkylation sites (tertiary alicyclic amines) is 1. The van der Waals surface area contributed by atoms with Crippen molar-refractivity contribution in [2.45, 2.75) is 52.1 Å². The molecule has 1 saturated heterocycles. The molecule has 0 bridgehead atoms. The van der Waals surface area contributed by atoms with Gasteiger partial charge in [-0.1, -0.05) is 12.1 Å². The van der Waals surface area contributed by atoms with E-state index in [2.05, 4.69) is 20.6 Å². The molecule has 0 radical (unpaired) electrons.